The van der Waals surface area contributed by atoms with Crippen molar-refractivity contribution in [2.45, 2.75) is 0 Å². The molecule has 0 aliphatic heterocycles. The quantitative estimate of drug-likeness (QED) is 0.208. The Bertz CT molecular complexity index is 1530. The van der Waals surface area contributed by atoms with Crippen LogP contribution in [0.2, 0.25) is 0 Å². The third kappa shape index (κ3) is 7.32. The fraction of sp³-hybridized carbons (Fsp3) is 0.226. The lowest BCUT2D eigenvalue weighted by molar-refractivity contribution is -0.111. The molecular formula is C31H35N7O4. The first kappa shape index (κ1) is 29.8. The summed E-state index contributed by atoms with van der Waals surface area (Å²) in [6, 6.07) is 16.6. The second kappa shape index (κ2) is 14.0. The summed E-state index contributed by atoms with van der Waals surface area (Å²) in [7, 11) is 9.11. The summed E-state index contributed by atoms with van der Waals surface area (Å²) in [6.07, 6.45) is 4.47. The molecule has 0 atom stereocenters. The van der Waals surface area contributed by atoms with Gasteiger partial charge >= 0.3 is 0 Å². The highest BCUT2D eigenvalue weighted by atomic mass is 16.5. The maximum absolute atomic E-state index is 12.3. The molecule has 0 bridgehead atoms. The second-order valence-corrected chi connectivity index (χ2v) is 9.49. The molecule has 2 aromatic carbocycles. The topological polar surface area (TPSA) is 114 Å². The zero-order valence-corrected chi connectivity index (χ0v) is 24.4. The van der Waals surface area contributed by atoms with E-state index in [0.29, 0.717) is 45.8 Å². The monoisotopic (exact) mass is 569 g/mol. The van der Waals surface area contributed by atoms with Gasteiger partial charge in [0, 0.05) is 44.0 Å². The van der Waals surface area contributed by atoms with Gasteiger partial charge in [-0.1, -0.05) is 24.8 Å². The average molecular weight is 570 g/mol. The van der Waals surface area contributed by atoms with Crippen LogP contribution in [0.3, 0.4) is 0 Å². The van der Waals surface area contributed by atoms with Crippen LogP contribution in [-0.4, -0.2) is 74.2 Å². The van der Waals surface area contributed by atoms with Gasteiger partial charge in [0.15, 0.2) is 5.75 Å². The zero-order chi connectivity index (χ0) is 30.1. The molecule has 0 saturated heterocycles. The SMILES string of the molecule is C=CC(=O)Nc1cc(Nc2ncc(OC)c(-c3ccccc3Oc3ccccn3)n2)c(OC)cc1N(C)CCN(C)C. The van der Waals surface area contributed by atoms with Crippen molar-refractivity contribution in [1.82, 2.24) is 19.9 Å². The number of hydrogen-bond acceptors (Lipinski definition) is 10. The smallest absolute Gasteiger partial charge is 0.247 e. The van der Waals surface area contributed by atoms with Crippen LogP contribution in [0.1, 0.15) is 0 Å². The molecule has 2 heterocycles. The van der Waals surface area contributed by atoms with Crippen LogP contribution in [0.5, 0.6) is 23.1 Å². The Kier molecular flexibility index (Phi) is 9.90. The van der Waals surface area contributed by atoms with Gasteiger partial charge in [0.1, 0.15) is 17.2 Å². The summed E-state index contributed by atoms with van der Waals surface area (Å²) in [5, 5.41) is 6.14. The molecule has 0 aliphatic carbocycles. The van der Waals surface area contributed by atoms with E-state index in [9.17, 15) is 4.79 Å². The van der Waals surface area contributed by atoms with Gasteiger partial charge in [0.2, 0.25) is 17.7 Å². The number of rotatable bonds is 13. The molecule has 218 valence electrons. The Labute approximate surface area is 245 Å². The van der Waals surface area contributed by atoms with Gasteiger partial charge in [-0.15, -0.1) is 0 Å². The summed E-state index contributed by atoms with van der Waals surface area (Å²) >= 11 is 0. The zero-order valence-electron chi connectivity index (χ0n) is 24.4. The Morgan fingerprint density at radius 1 is 0.929 bits per heavy atom. The number of likely N-dealkylation sites (N-methyl/N-ethyl adjacent to an activating group) is 2. The summed E-state index contributed by atoms with van der Waals surface area (Å²) < 4.78 is 17.4. The number of carbonyl (C=O) groups excluding carboxylic acids is 1. The van der Waals surface area contributed by atoms with E-state index in [-0.39, 0.29) is 11.9 Å². The van der Waals surface area contributed by atoms with Crippen molar-refractivity contribution in [1.29, 1.82) is 0 Å². The number of aromatic nitrogens is 3. The molecule has 11 heteroatoms. The summed E-state index contributed by atoms with van der Waals surface area (Å²) in [6.45, 7) is 5.13. The third-order valence-corrected chi connectivity index (χ3v) is 6.27. The summed E-state index contributed by atoms with van der Waals surface area (Å²) in [4.78, 5) is 30.0. The average Bonchev–Trinajstić information content (AvgIpc) is 3.00. The molecule has 0 saturated carbocycles. The standard InChI is InChI=1S/C31H35N7O4/c1-7-28(39)34-22-18-23(26(40-5)19-24(22)38(4)17-16-37(2)3)35-31-33-20-27(41-6)30(36-31)21-12-8-9-13-25(21)42-29-14-10-11-15-32-29/h7-15,18-20H,1,16-17H2,2-6H3,(H,34,39)(H,33,35,36). The van der Waals surface area contributed by atoms with Crippen LogP contribution in [-0.2, 0) is 4.79 Å². The maximum Gasteiger partial charge on any atom is 0.247 e. The lowest BCUT2D eigenvalue weighted by Gasteiger charge is -2.26. The Morgan fingerprint density at radius 2 is 1.69 bits per heavy atom. The van der Waals surface area contributed by atoms with Crippen molar-refractivity contribution in [3.63, 3.8) is 0 Å². The number of nitrogens with zero attached hydrogens (tertiary/aromatic N) is 5. The fourth-order valence-corrected chi connectivity index (χ4v) is 4.07. The van der Waals surface area contributed by atoms with Crippen molar-refractivity contribution in [3.8, 4) is 34.4 Å². The van der Waals surface area contributed by atoms with Crippen molar-refractivity contribution >= 4 is 28.9 Å². The molecule has 2 aromatic heterocycles. The molecule has 42 heavy (non-hydrogen) atoms. The van der Waals surface area contributed by atoms with Gasteiger partial charge in [0.05, 0.1) is 37.5 Å². The largest absolute Gasteiger partial charge is 0.494 e. The first-order valence-electron chi connectivity index (χ1n) is 13.2. The Hall–Kier alpha value is -5.16. The molecule has 4 rings (SSSR count). The summed E-state index contributed by atoms with van der Waals surface area (Å²) in [5.74, 6) is 1.95. The predicted molar refractivity (Wildman–Crippen MR) is 165 cm³/mol. The van der Waals surface area contributed by atoms with Gasteiger partial charge in [-0.05, 0) is 44.4 Å². The first-order valence-corrected chi connectivity index (χ1v) is 13.2. The number of anilines is 4. The fourth-order valence-electron chi connectivity index (χ4n) is 4.07. The first-order chi connectivity index (χ1) is 20.3. The van der Waals surface area contributed by atoms with Crippen molar-refractivity contribution < 1.29 is 19.0 Å². The number of methoxy groups -OCH3 is 2. The van der Waals surface area contributed by atoms with Crippen LogP contribution in [0.4, 0.5) is 23.0 Å². The van der Waals surface area contributed by atoms with Crippen LogP contribution in [0, 0.1) is 0 Å². The number of benzene rings is 2. The number of pyridine rings is 1. The highest BCUT2D eigenvalue weighted by Gasteiger charge is 2.19. The highest BCUT2D eigenvalue weighted by Crippen LogP contribution is 2.40. The molecule has 2 N–H and O–H groups in total. The van der Waals surface area contributed by atoms with Crippen LogP contribution >= 0.6 is 0 Å². The molecule has 11 nitrogen and oxygen atoms in total. The molecule has 4 aromatic rings. The molecule has 0 unspecified atom stereocenters. The van der Waals surface area contributed by atoms with E-state index < -0.39 is 0 Å². The minimum absolute atomic E-state index is 0.284. The predicted octanol–water partition coefficient (Wildman–Crippen LogP) is 5.21. The number of ether oxygens (including phenoxy) is 3. The van der Waals surface area contributed by atoms with Crippen molar-refractivity contribution in [2.75, 3.05) is 64.0 Å². The molecule has 0 spiro atoms. The Morgan fingerprint density at radius 3 is 2.38 bits per heavy atom. The second-order valence-electron chi connectivity index (χ2n) is 9.49. The molecule has 0 fully saturated rings. The van der Waals surface area contributed by atoms with Crippen molar-refractivity contribution in [3.05, 3.63) is 79.6 Å². The molecule has 1 amide bonds. The van der Waals surface area contributed by atoms with Crippen LogP contribution in [0.25, 0.3) is 11.3 Å². The van der Waals surface area contributed by atoms with Crippen molar-refractivity contribution in [2.24, 2.45) is 0 Å². The van der Waals surface area contributed by atoms with E-state index in [1.165, 1.54) is 6.08 Å². The minimum atomic E-state index is -0.333. The number of carbonyl (C=O) groups is 1. The van der Waals surface area contributed by atoms with E-state index in [4.69, 9.17) is 19.2 Å². The highest BCUT2D eigenvalue weighted by molar-refractivity contribution is 6.02. The summed E-state index contributed by atoms with van der Waals surface area (Å²) in [5.41, 5.74) is 3.12. The lowest BCUT2D eigenvalue weighted by atomic mass is 10.1. The third-order valence-electron chi connectivity index (χ3n) is 6.27. The van der Waals surface area contributed by atoms with Gasteiger partial charge in [-0.3, -0.25) is 4.79 Å². The normalized spacial score (nSPS) is 10.6. The number of amides is 1. The van der Waals surface area contributed by atoms with E-state index in [1.807, 2.05) is 68.5 Å². The van der Waals surface area contributed by atoms with Crippen LogP contribution < -0.4 is 29.7 Å². The molecule has 0 radical (unpaired) electrons. The number of nitrogens with one attached hydrogen (secondary N) is 2. The lowest BCUT2D eigenvalue weighted by Crippen LogP contribution is -2.29. The molecule has 0 aliphatic rings. The van der Waals surface area contributed by atoms with Crippen LogP contribution in [0.15, 0.2) is 79.6 Å². The molecular weight excluding hydrogens is 534 g/mol. The Balaban J connectivity index is 1.73. The number of hydrogen-bond donors (Lipinski definition) is 2. The van der Waals surface area contributed by atoms with E-state index in [2.05, 4.69) is 32.1 Å². The van der Waals surface area contributed by atoms with E-state index in [1.54, 1.807) is 38.7 Å². The van der Waals surface area contributed by atoms with Gasteiger partial charge < -0.3 is 34.6 Å². The van der Waals surface area contributed by atoms with E-state index in [0.717, 1.165) is 18.8 Å². The minimum Gasteiger partial charge on any atom is -0.494 e. The van der Waals surface area contributed by atoms with Gasteiger partial charge in [-0.25, -0.2) is 15.0 Å². The van der Waals surface area contributed by atoms with E-state index >= 15 is 0 Å². The number of para-hydroxylation sites is 1. The maximum atomic E-state index is 12.3. The van der Waals surface area contributed by atoms with Gasteiger partial charge in [-0.2, -0.15) is 0 Å². The van der Waals surface area contributed by atoms with Gasteiger partial charge in [0.25, 0.3) is 0 Å².